The normalized spacial score (nSPS) is 22.2. The highest BCUT2D eigenvalue weighted by Gasteiger charge is 2.17. The quantitative estimate of drug-likeness (QED) is 0.752. The molecule has 1 atom stereocenters. The fraction of sp³-hybridized carbons (Fsp3) is 0.500. The molecule has 2 N–H and O–H groups in total. The van der Waals surface area contributed by atoms with E-state index in [9.17, 15) is 0 Å². The first-order valence-electron chi connectivity index (χ1n) is 4.77. The molecule has 1 saturated heterocycles. The van der Waals surface area contributed by atoms with E-state index in [1.54, 1.807) is 0 Å². The van der Waals surface area contributed by atoms with Crippen LogP contribution in [0.3, 0.4) is 0 Å². The summed E-state index contributed by atoms with van der Waals surface area (Å²) in [6.07, 6.45) is 2.50. The third-order valence-electron chi connectivity index (χ3n) is 2.48. The van der Waals surface area contributed by atoms with Gasteiger partial charge < -0.3 is 5.73 Å². The lowest BCUT2D eigenvalue weighted by Crippen LogP contribution is -2.10. The molecule has 0 amide bonds. The number of thioether (sulfide) groups is 1. The van der Waals surface area contributed by atoms with E-state index in [0.717, 1.165) is 11.4 Å². The second-order valence-electron chi connectivity index (χ2n) is 3.53. The van der Waals surface area contributed by atoms with Crippen molar-refractivity contribution >= 4 is 29.1 Å². The summed E-state index contributed by atoms with van der Waals surface area (Å²) in [7, 11) is 0. The van der Waals surface area contributed by atoms with Crippen molar-refractivity contribution in [2.24, 2.45) is 0 Å². The van der Waals surface area contributed by atoms with Crippen LogP contribution in [0.25, 0.3) is 0 Å². The van der Waals surface area contributed by atoms with Crippen molar-refractivity contribution in [2.75, 3.05) is 17.2 Å². The number of rotatable bonds is 1. The van der Waals surface area contributed by atoms with E-state index < -0.39 is 0 Å². The minimum atomic E-state index is 0.443. The van der Waals surface area contributed by atoms with Gasteiger partial charge in [0, 0.05) is 17.4 Å². The molecule has 2 heterocycles. The van der Waals surface area contributed by atoms with Gasteiger partial charge in [-0.3, -0.25) is 0 Å². The number of nitrogens with zero attached hydrogens (tertiary/aromatic N) is 1. The summed E-state index contributed by atoms with van der Waals surface area (Å²) >= 11 is 7.88. The summed E-state index contributed by atoms with van der Waals surface area (Å²) in [6, 6.07) is 3.85. The fourth-order valence-electron chi connectivity index (χ4n) is 1.66. The topological polar surface area (TPSA) is 38.9 Å². The van der Waals surface area contributed by atoms with E-state index in [2.05, 4.69) is 4.98 Å². The van der Waals surface area contributed by atoms with Gasteiger partial charge in [0.1, 0.15) is 0 Å². The average molecular weight is 229 g/mol. The summed E-state index contributed by atoms with van der Waals surface area (Å²) in [4.78, 5) is 4.32. The second-order valence-corrected chi connectivity index (χ2v) is 5.04. The lowest BCUT2D eigenvalue weighted by atomic mass is 10.0. The zero-order valence-corrected chi connectivity index (χ0v) is 9.44. The first-order chi connectivity index (χ1) is 6.77. The van der Waals surface area contributed by atoms with Crippen LogP contribution < -0.4 is 5.73 Å². The van der Waals surface area contributed by atoms with E-state index in [1.165, 1.54) is 18.6 Å². The first kappa shape index (κ1) is 10.1. The zero-order valence-electron chi connectivity index (χ0n) is 7.87. The van der Waals surface area contributed by atoms with Gasteiger partial charge in [0.2, 0.25) is 0 Å². The van der Waals surface area contributed by atoms with Crippen LogP contribution in [0, 0.1) is 0 Å². The van der Waals surface area contributed by atoms with Crippen molar-refractivity contribution in [1.29, 1.82) is 0 Å². The van der Waals surface area contributed by atoms with Gasteiger partial charge in [0.05, 0.1) is 5.69 Å². The molecule has 1 fully saturated rings. The van der Waals surface area contributed by atoms with Gasteiger partial charge in [-0.1, -0.05) is 11.6 Å². The number of nitrogen functional groups attached to an aromatic ring is 1. The highest BCUT2D eigenvalue weighted by atomic mass is 35.5. The van der Waals surface area contributed by atoms with E-state index in [4.69, 9.17) is 17.3 Å². The summed E-state index contributed by atoms with van der Waals surface area (Å²) < 4.78 is 0. The third-order valence-corrected chi connectivity index (χ3v) is 4.00. The molecular weight excluding hydrogens is 216 g/mol. The van der Waals surface area contributed by atoms with E-state index in [0.29, 0.717) is 16.8 Å². The fourth-order valence-corrected chi connectivity index (χ4v) is 2.98. The molecule has 0 aliphatic carbocycles. The van der Waals surface area contributed by atoms with Gasteiger partial charge >= 0.3 is 0 Å². The second kappa shape index (κ2) is 4.41. The standard InChI is InChI=1S/C10H13ClN2S/c11-10-8(12)3-4-9(13-10)7-2-1-5-14-6-7/h3-4,7H,1-2,5-6,12H2. The molecule has 0 bridgehead atoms. The van der Waals surface area contributed by atoms with Crippen molar-refractivity contribution in [3.05, 3.63) is 23.0 Å². The Morgan fingerprint density at radius 2 is 2.36 bits per heavy atom. The molecule has 1 aromatic heterocycles. The molecule has 4 heteroatoms. The molecule has 0 radical (unpaired) electrons. The number of nitrogens with two attached hydrogens (primary N) is 1. The number of anilines is 1. The lowest BCUT2D eigenvalue weighted by molar-refractivity contribution is 0.643. The monoisotopic (exact) mass is 228 g/mol. The van der Waals surface area contributed by atoms with Gasteiger partial charge in [-0.2, -0.15) is 11.8 Å². The molecular formula is C10H13ClN2S. The average Bonchev–Trinajstić information content (AvgIpc) is 2.23. The SMILES string of the molecule is Nc1ccc(C2CCCSC2)nc1Cl. The Labute approximate surface area is 93.2 Å². The molecule has 0 spiro atoms. The summed E-state index contributed by atoms with van der Waals surface area (Å²) in [5.74, 6) is 3.00. The number of hydrogen-bond donors (Lipinski definition) is 1. The van der Waals surface area contributed by atoms with Crippen LogP contribution in [0.2, 0.25) is 5.15 Å². The Hall–Kier alpha value is -0.410. The predicted octanol–water partition coefficient (Wildman–Crippen LogP) is 2.93. The van der Waals surface area contributed by atoms with Crippen LogP contribution in [-0.4, -0.2) is 16.5 Å². The van der Waals surface area contributed by atoms with Crippen molar-refractivity contribution in [1.82, 2.24) is 4.98 Å². The van der Waals surface area contributed by atoms with Crippen LogP contribution in [0.15, 0.2) is 12.1 Å². The molecule has 2 nitrogen and oxygen atoms in total. The van der Waals surface area contributed by atoms with Crippen molar-refractivity contribution in [3.8, 4) is 0 Å². The van der Waals surface area contributed by atoms with E-state index in [1.807, 2.05) is 23.9 Å². The maximum absolute atomic E-state index is 5.89. The van der Waals surface area contributed by atoms with Gasteiger partial charge in [-0.15, -0.1) is 0 Å². The van der Waals surface area contributed by atoms with Gasteiger partial charge in [-0.25, -0.2) is 4.98 Å². The minimum Gasteiger partial charge on any atom is -0.396 e. The largest absolute Gasteiger partial charge is 0.396 e. The van der Waals surface area contributed by atoms with E-state index >= 15 is 0 Å². The Morgan fingerprint density at radius 1 is 1.50 bits per heavy atom. The summed E-state index contributed by atoms with van der Waals surface area (Å²) in [6.45, 7) is 0. The molecule has 1 aromatic rings. The number of aromatic nitrogens is 1. The molecule has 0 saturated carbocycles. The van der Waals surface area contributed by atoms with Crippen molar-refractivity contribution < 1.29 is 0 Å². The third kappa shape index (κ3) is 2.15. The minimum absolute atomic E-state index is 0.443. The maximum atomic E-state index is 5.89. The molecule has 0 aromatic carbocycles. The van der Waals surface area contributed by atoms with Crippen LogP contribution in [-0.2, 0) is 0 Å². The Kier molecular flexibility index (Phi) is 3.19. The lowest BCUT2D eigenvalue weighted by Gasteiger charge is -2.20. The van der Waals surface area contributed by atoms with Crippen LogP contribution in [0.5, 0.6) is 0 Å². The van der Waals surface area contributed by atoms with E-state index in [-0.39, 0.29) is 0 Å². The number of halogens is 1. The van der Waals surface area contributed by atoms with Gasteiger partial charge in [0.15, 0.2) is 5.15 Å². The van der Waals surface area contributed by atoms with Crippen LogP contribution in [0.4, 0.5) is 5.69 Å². The highest BCUT2D eigenvalue weighted by Crippen LogP contribution is 2.31. The summed E-state index contributed by atoms with van der Waals surface area (Å²) in [5, 5.41) is 0.443. The zero-order chi connectivity index (χ0) is 9.97. The smallest absolute Gasteiger partial charge is 0.152 e. The predicted molar refractivity (Wildman–Crippen MR) is 63.0 cm³/mol. The molecule has 76 valence electrons. The van der Waals surface area contributed by atoms with Crippen LogP contribution >= 0.6 is 23.4 Å². The number of pyridine rings is 1. The van der Waals surface area contributed by atoms with Crippen LogP contribution in [0.1, 0.15) is 24.5 Å². The maximum Gasteiger partial charge on any atom is 0.152 e. The Balaban J connectivity index is 2.18. The molecule has 1 aliphatic heterocycles. The van der Waals surface area contributed by atoms with Crippen molar-refractivity contribution in [2.45, 2.75) is 18.8 Å². The molecule has 2 rings (SSSR count). The summed E-state index contributed by atoms with van der Waals surface area (Å²) in [5.41, 5.74) is 7.28. The molecule has 1 aliphatic rings. The number of hydrogen-bond acceptors (Lipinski definition) is 3. The first-order valence-corrected chi connectivity index (χ1v) is 6.30. The van der Waals surface area contributed by atoms with Gasteiger partial charge in [-0.05, 0) is 30.7 Å². The van der Waals surface area contributed by atoms with Crippen molar-refractivity contribution in [3.63, 3.8) is 0 Å². The molecule has 1 unspecified atom stereocenters. The highest BCUT2D eigenvalue weighted by molar-refractivity contribution is 7.99. The van der Waals surface area contributed by atoms with Gasteiger partial charge in [0.25, 0.3) is 0 Å². The molecule has 14 heavy (non-hydrogen) atoms. The Morgan fingerprint density at radius 3 is 3.00 bits per heavy atom. The Bertz CT molecular complexity index is 324.